The minimum Gasteiger partial charge on any atom is -0.478 e. The Balaban J connectivity index is 2.06. The molecule has 0 radical (unpaired) electrons. The molecule has 2 N–H and O–H groups in total. The lowest BCUT2D eigenvalue weighted by Gasteiger charge is -2.35. The van der Waals surface area contributed by atoms with Gasteiger partial charge in [-0.2, -0.15) is 0 Å². The number of hydrogen-bond acceptors (Lipinski definition) is 4. The molecule has 1 saturated heterocycles. The average Bonchev–Trinajstić information content (AvgIpc) is 2.46. The Morgan fingerprint density at radius 3 is 2.57 bits per heavy atom. The molecular weight excluding hydrogens is 272 g/mol. The fourth-order valence-electron chi connectivity index (χ4n) is 2.46. The van der Waals surface area contributed by atoms with Crippen molar-refractivity contribution in [2.75, 3.05) is 0 Å². The first-order valence-electron chi connectivity index (χ1n) is 7.31. The van der Waals surface area contributed by atoms with Crippen LogP contribution in [0, 0.1) is 0 Å². The second kappa shape index (κ2) is 7.02. The van der Waals surface area contributed by atoms with E-state index in [4.69, 9.17) is 14.6 Å². The highest BCUT2D eigenvalue weighted by Gasteiger charge is 2.29. The molecule has 5 nitrogen and oxygen atoms in total. The molecule has 1 aromatic rings. The molecule has 21 heavy (non-hydrogen) atoms. The number of aliphatic hydroxyl groups is 1. The van der Waals surface area contributed by atoms with E-state index >= 15 is 0 Å². The van der Waals surface area contributed by atoms with Crippen molar-refractivity contribution >= 4 is 5.97 Å². The third kappa shape index (κ3) is 4.27. The molecular formula is C16H22O5. The summed E-state index contributed by atoms with van der Waals surface area (Å²) in [7, 11) is 0. The predicted molar refractivity (Wildman–Crippen MR) is 77.1 cm³/mol. The SMILES string of the molecule is CCC(O)CC1CC(C)OC(c2ccc(C(=O)O)cc2)O1. The first-order chi connectivity index (χ1) is 9.99. The summed E-state index contributed by atoms with van der Waals surface area (Å²) in [4.78, 5) is 10.9. The van der Waals surface area contributed by atoms with Gasteiger partial charge in [0.25, 0.3) is 0 Å². The second-order valence-corrected chi connectivity index (χ2v) is 5.50. The highest BCUT2D eigenvalue weighted by atomic mass is 16.7. The third-order valence-corrected chi connectivity index (χ3v) is 3.70. The fraction of sp³-hybridized carbons (Fsp3) is 0.562. The molecule has 0 bridgehead atoms. The summed E-state index contributed by atoms with van der Waals surface area (Å²) in [5.41, 5.74) is 1.03. The molecule has 116 valence electrons. The number of carboxylic acid groups (broad SMARTS) is 1. The van der Waals surface area contributed by atoms with Gasteiger partial charge < -0.3 is 19.7 Å². The highest BCUT2D eigenvalue weighted by molar-refractivity contribution is 5.87. The van der Waals surface area contributed by atoms with E-state index < -0.39 is 12.3 Å². The fourth-order valence-corrected chi connectivity index (χ4v) is 2.46. The maximum Gasteiger partial charge on any atom is 0.335 e. The Kier molecular flexibility index (Phi) is 5.33. The Hall–Kier alpha value is -1.43. The van der Waals surface area contributed by atoms with Crippen LogP contribution in [-0.4, -0.2) is 34.5 Å². The van der Waals surface area contributed by atoms with Crippen LogP contribution in [0.3, 0.4) is 0 Å². The third-order valence-electron chi connectivity index (χ3n) is 3.70. The monoisotopic (exact) mass is 294 g/mol. The highest BCUT2D eigenvalue weighted by Crippen LogP contribution is 2.31. The van der Waals surface area contributed by atoms with Crippen molar-refractivity contribution in [3.63, 3.8) is 0 Å². The van der Waals surface area contributed by atoms with Crippen LogP contribution in [0.4, 0.5) is 0 Å². The molecule has 5 heteroatoms. The van der Waals surface area contributed by atoms with Gasteiger partial charge >= 0.3 is 5.97 Å². The summed E-state index contributed by atoms with van der Waals surface area (Å²) in [5, 5.41) is 18.7. The molecule has 0 saturated carbocycles. The molecule has 1 aromatic carbocycles. The Bertz CT molecular complexity index is 470. The van der Waals surface area contributed by atoms with E-state index in [-0.39, 0.29) is 23.9 Å². The molecule has 0 amide bonds. The number of benzene rings is 1. The summed E-state index contributed by atoms with van der Waals surface area (Å²) >= 11 is 0. The first kappa shape index (κ1) is 15.9. The van der Waals surface area contributed by atoms with Gasteiger partial charge in [-0.05, 0) is 38.3 Å². The summed E-state index contributed by atoms with van der Waals surface area (Å²) in [6.07, 6.45) is 1.16. The molecule has 2 rings (SSSR count). The molecule has 0 spiro atoms. The molecule has 4 atom stereocenters. The smallest absolute Gasteiger partial charge is 0.335 e. The van der Waals surface area contributed by atoms with Crippen LogP contribution in [0.5, 0.6) is 0 Å². The number of ether oxygens (including phenoxy) is 2. The summed E-state index contributed by atoms with van der Waals surface area (Å²) in [6.45, 7) is 3.92. The summed E-state index contributed by atoms with van der Waals surface area (Å²) in [6, 6.07) is 6.50. The van der Waals surface area contributed by atoms with Gasteiger partial charge in [0.15, 0.2) is 6.29 Å². The number of aliphatic hydroxyl groups excluding tert-OH is 1. The van der Waals surface area contributed by atoms with Crippen LogP contribution in [0.2, 0.25) is 0 Å². The molecule has 1 heterocycles. The Labute approximate surface area is 124 Å². The van der Waals surface area contributed by atoms with Crippen molar-refractivity contribution in [2.24, 2.45) is 0 Å². The average molecular weight is 294 g/mol. The number of rotatable bonds is 5. The van der Waals surface area contributed by atoms with E-state index in [0.29, 0.717) is 12.8 Å². The number of hydrogen-bond donors (Lipinski definition) is 2. The largest absolute Gasteiger partial charge is 0.478 e. The number of aromatic carboxylic acids is 1. The normalized spacial score (nSPS) is 27.3. The Morgan fingerprint density at radius 1 is 1.33 bits per heavy atom. The standard InChI is InChI=1S/C16H22O5/c1-3-13(17)9-14-8-10(2)20-16(21-14)12-6-4-11(5-7-12)15(18)19/h4-7,10,13-14,16-17H,3,8-9H2,1-2H3,(H,18,19). The van der Waals surface area contributed by atoms with Gasteiger partial charge in [0.2, 0.25) is 0 Å². The second-order valence-electron chi connectivity index (χ2n) is 5.50. The van der Waals surface area contributed by atoms with Crippen molar-refractivity contribution < 1.29 is 24.5 Å². The van der Waals surface area contributed by atoms with Crippen LogP contribution < -0.4 is 0 Å². The van der Waals surface area contributed by atoms with E-state index in [1.807, 2.05) is 13.8 Å². The summed E-state index contributed by atoms with van der Waals surface area (Å²) in [5.74, 6) is -0.954. The lowest BCUT2D eigenvalue weighted by atomic mass is 10.0. The first-order valence-corrected chi connectivity index (χ1v) is 7.31. The number of carboxylic acids is 1. The van der Waals surface area contributed by atoms with Crippen LogP contribution in [-0.2, 0) is 9.47 Å². The lowest BCUT2D eigenvalue weighted by Crippen LogP contribution is -2.34. The van der Waals surface area contributed by atoms with Crippen molar-refractivity contribution in [2.45, 2.75) is 57.7 Å². The summed E-state index contributed by atoms with van der Waals surface area (Å²) < 4.78 is 11.7. The van der Waals surface area contributed by atoms with E-state index in [9.17, 15) is 9.90 Å². The lowest BCUT2D eigenvalue weighted by molar-refractivity contribution is -0.248. The predicted octanol–water partition coefficient (Wildman–Crippen LogP) is 2.74. The molecule has 0 aliphatic carbocycles. The van der Waals surface area contributed by atoms with Crippen LogP contribution in [0.15, 0.2) is 24.3 Å². The zero-order valence-corrected chi connectivity index (χ0v) is 12.4. The van der Waals surface area contributed by atoms with Crippen LogP contribution in [0.25, 0.3) is 0 Å². The quantitative estimate of drug-likeness (QED) is 0.873. The van der Waals surface area contributed by atoms with Gasteiger partial charge in [0, 0.05) is 5.56 Å². The van der Waals surface area contributed by atoms with Crippen LogP contribution in [0.1, 0.15) is 55.3 Å². The Morgan fingerprint density at radius 2 is 2.00 bits per heavy atom. The van der Waals surface area contributed by atoms with Gasteiger partial charge in [-0.25, -0.2) is 4.79 Å². The minimum absolute atomic E-state index is 0.0388. The maximum atomic E-state index is 10.9. The van der Waals surface area contributed by atoms with Crippen molar-refractivity contribution in [1.29, 1.82) is 0 Å². The molecule has 4 unspecified atom stereocenters. The zero-order chi connectivity index (χ0) is 15.4. The zero-order valence-electron chi connectivity index (χ0n) is 12.4. The minimum atomic E-state index is -0.954. The maximum absolute atomic E-state index is 10.9. The van der Waals surface area contributed by atoms with E-state index in [0.717, 1.165) is 12.0 Å². The van der Waals surface area contributed by atoms with Crippen molar-refractivity contribution in [3.05, 3.63) is 35.4 Å². The van der Waals surface area contributed by atoms with Crippen molar-refractivity contribution in [1.82, 2.24) is 0 Å². The van der Waals surface area contributed by atoms with E-state index in [1.54, 1.807) is 24.3 Å². The molecule has 1 aliphatic heterocycles. The van der Waals surface area contributed by atoms with E-state index in [1.165, 1.54) is 0 Å². The van der Waals surface area contributed by atoms with E-state index in [2.05, 4.69) is 0 Å². The van der Waals surface area contributed by atoms with Gasteiger partial charge in [0.1, 0.15) is 0 Å². The van der Waals surface area contributed by atoms with Gasteiger partial charge in [-0.3, -0.25) is 0 Å². The molecule has 0 aromatic heterocycles. The van der Waals surface area contributed by atoms with Crippen molar-refractivity contribution in [3.8, 4) is 0 Å². The van der Waals surface area contributed by atoms with Gasteiger partial charge in [0.05, 0.1) is 23.9 Å². The van der Waals surface area contributed by atoms with Gasteiger partial charge in [-0.1, -0.05) is 19.1 Å². The molecule has 1 aliphatic rings. The molecule has 1 fully saturated rings. The topological polar surface area (TPSA) is 76.0 Å². The number of carbonyl (C=O) groups is 1. The van der Waals surface area contributed by atoms with Crippen LogP contribution >= 0.6 is 0 Å². The van der Waals surface area contributed by atoms with Gasteiger partial charge in [-0.15, -0.1) is 0 Å².